The van der Waals surface area contributed by atoms with Crippen LogP contribution in [0.4, 0.5) is 5.69 Å². The van der Waals surface area contributed by atoms with Crippen LogP contribution in [0, 0.1) is 0 Å². The van der Waals surface area contributed by atoms with E-state index in [1.165, 1.54) is 0 Å². The van der Waals surface area contributed by atoms with E-state index >= 15 is 0 Å². The van der Waals surface area contributed by atoms with Gasteiger partial charge >= 0.3 is 0 Å². The van der Waals surface area contributed by atoms with E-state index in [1.807, 2.05) is 6.07 Å². The van der Waals surface area contributed by atoms with Crippen LogP contribution in [-0.4, -0.2) is 30.4 Å². The summed E-state index contributed by atoms with van der Waals surface area (Å²) in [5.41, 5.74) is 6.71. The smallest absolute Gasteiger partial charge is 0.283 e. The van der Waals surface area contributed by atoms with Gasteiger partial charge < -0.3 is 14.8 Å². The van der Waals surface area contributed by atoms with E-state index in [0.29, 0.717) is 35.6 Å². The van der Waals surface area contributed by atoms with Gasteiger partial charge in [-0.1, -0.05) is 12.1 Å². The van der Waals surface area contributed by atoms with E-state index in [4.69, 9.17) is 9.47 Å². The number of hydrogen-bond acceptors (Lipinski definition) is 5. The molecule has 4 rings (SSSR count). The molecule has 1 atom stereocenters. The second kappa shape index (κ2) is 6.99. The molecule has 1 unspecified atom stereocenters. The number of nitrogens with one attached hydrogen (secondary N) is 3. The first-order valence-electron chi connectivity index (χ1n) is 8.51. The molecule has 0 aromatic heterocycles. The third-order valence-corrected chi connectivity index (χ3v) is 4.36. The summed E-state index contributed by atoms with van der Waals surface area (Å²) in [6.07, 6.45) is 0.0929. The summed E-state index contributed by atoms with van der Waals surface area (Å²) in [5, 5.41) is 2.76. The molecule has 8 nitrogen and oxygen atoms in total. The predicted octanol–water partition coefficient (Wildman–Crippen LogP) is 1.17. The zero-order chi connectivity index (χ0) is 18.8. The third-order valence-electron chi connectivity index (χ3n) is 4.36. The molecule has 0 fully saturated rings. The van der Waals surface area contributed by atoms with Crippen LogP contribution in [0.1, 0.15) is 22.3 Å². The molecule has 2 heterocycles. The monoisotopic (exact) mass is 367 g/mol. The Morgan fingerprint density at radius 3 is 2.70 bits per heavy atom. The first-order valence-corrected chi connectivity index (χ1v) is 8.51. The molecule has 138 valence electrons. The molecular formula is C19H17N3O5. The molecule has 0 spiro atoms. The van der Waals surface area contributed by atoms with E-state index < -0.39 is 17.9 Å². The SMILES string of the molecule is O=C1CCc2cc(C(=O)NNC(=O)C3COc4ccccc4O3)ccc2N1. The number of benzene rings is 2. The molecule has 27 heavy (non-hydrogen) atoms. The Morgan fingerprint density at radius 1 is 1.04 bits per heavy atom. The lowest BCUT2D eigenvalue weighted by atomic mass is 10.0. The number of rotatable bonds is 2. The molecule has 0 radical (unpaired) electrons. The number of carbonyl (C=O) groups is 3. The number of amides is 3. The van der Waals surface area contributed by atoms with Crippen molar-refractivity contribution in [3.63, 3.8) is 0 Å². The quantitative estimate of drug-likeness (QED) is 0.691. The fourth-order valence-electron chi connectivity index (χ4n) is 2.94. The molecule has 2 aliphatic heterocycles. The Morgan fingerprint density at radius 2 is 1.85 bits per heavy atom. The van der Waals surface area contributed by atoms with Gasteiger partial charge in [-0.15, -0.1) is 0 Å². The number of anilines is 1. The van der Waals surface area contributed by atoms with E-state index in [0.717, 1.165) is 5.56 Å². The van der Waals surface area contributed by atoms with Crippen LogP contribution in [0.3, 0.4) is 0 Å². The maximum absolute atomic E-state index is 12.3. The highest BCUT2D eigenvalue weighted by Gasteiger charge is 2.27. The van der Waals surface area contributed by atoms with Crippen molar-refractivity contribution in [2.24, 2.45) is 0 Å². The number of hydrazine groups is 1. The molecule has 2 aliphatic rings. The Bertz CT molecular complexity index is 927. The minimum Gasteiger partial charge on any atom is -0.485 e. The highest BCUT2D eigenvalue weighted by atomic mass is 16.6. The van der Waals surface area contributed by atoms with Crippen LogP contribution in [0.2, 0.25) is 0 Å². The van der Waals surface area contributed by atoms with Crippen molar-refractivity contribution in [3.05, 3.63) is 53.6 Å². The van der Waals surface area contributed by atoms with Gasteiger partial charge in [0, 0.05) is 17.7 Å². The number of hydrogen-bond donors (Lipinski definition) is 3. The largest absolute Gasteiger partial charge is 0.485 e. The number of ether oxygens (including phenoxy) is 2. The molecule has 3 N–H and O–H groups in total. The second-order valence-corrected chi connectivity index (χ2v) is 6.23. The van der Waals surface area contributed by atoms with Gasteiger partial charge in [0.1, 0.15) is 6.61 Å². The fraction of sp³-hybridized carbons (Fsp3) is 0.211. The highest BCUT2D eigenvalue weighted by Crippen LogP contribution is 2.30. The van der Waals surface area contributed by atoms with Gasteiger partial charge in [0.15, 0.2) is 11.5 Å². The minimum absolute atomic E-state index is 0.0387. The first kappa shape index (κ1) is 16.9. The average Bonchev–Trinajstić information content (AvgIpc) is 2.71. The lowest BCUT2D eigenvalue weighted by Gasteiger charge is -2.25. The number of fused-ring (bicyclic) bond motifs is 2. The average molecular weight is 367 g/mol. The van der Waals surface area contributed by atoms with Crippen molar-refractivity contribution >= 4 is 23.4 Å². The first-order chi connectivity index (χ1) is 13.1. The predicted molar refractivity (Wildman–Crippen MR) is 95.4 cm³/mol. The second-order valence-electron chi connectivity index (χ2n) is 6.23. The van der Waals surface area contributed by atoms with Crippen molar-refractivity contribution in [2.45, 2.75) is 18.9 Å². The molecule has 0 saturated carbocycles. The molecule has 2 aromatic carbocycles. The van der Waals surface area contributed by atoms with Crippen molar-refractivity contribution in [3.8, 4) is 11.5 Å². The van der Waals surface area contributed by atoms with E-state index in [2.05, 4.69) is 16.2 Å². The Balaban J connectivity index is 1.35. The maximum Gasteiger partial charge on any atom is 0.283 e. The van der Waals surface area contributed by atoms with E-state index in [9.17, 15) is 14.4 Å². The van der Waals surface area contributed by atoms with Crippen molar-refractivity contribution in [1.82, 2.24) is 10.9 Å². The van der Waals surface area contributed by atoms with Crippen molar-refractivity contribution in [1.29, 1.82) is 0 Å². The third kappa shape index (κ3) is 3.55. The van der Waals surface area contributed by atoms with Crippen LogP contribution in [0.25, 0.3) is 0 Å². The number of para-hydroxylation sites is 2. The molecule has 0 saturated heterocycles. The summed E-state index contributed by atoms with van der Waals surface area (Å²) in [7, 11) is 0. The summed E-state index contributed by atoms with van der Waals surface area (Å²) in [4.78, 5) is 35.9. The van der Waals surface area contributed by atoms with Crippen LogP contribution < -0.4 is 25.6 Å². The fourth-order valence-corrected chi connectivity index (χ4v) is 2.94. The summed E-state index contributed by atoms with van der Waals surface area (Å²) in [6, 6.07) is 12.0. The standard InChI is InChI=1S/C19H17N3O5/c23-17-8-6-11-9-12(5-7-13(11)20-17)18(24)21-22-19(25)16-10-26-14-3-1-2-4-15(14)27-16/h1-5,7,9,16H,6,8,10H2,(H,20,23)(H,21,24)(H,22,25). The maximum atomic E-state index is 12.3. The molecule has 0 aliphatic carbocycles. The van der Waals surface area contributed by atoms with Crippen molar-refractivity contribution < 1.29 is 23.9 Å². The highest BCUT2D eigenvalue weighted by molar-refractivity contribution is 5.98. The van der Waals surface area contributed by atoms with Gasteiger partial charge in [-0.2, -0.15) is 0 Å². The van der Waals surface area contributed by atoms with Crippen LogP contribution in [0.15, 0.2) is 42.5 Å². The van der Waals surface area contributed by atoms with E-state index in [1.54, 1.807) is 36.4 Å². The molecular weight excluding hydrogens is 350 g/mol. The Hall–Kier alpha value is -3.55. The normalized spacial score (nSPS) is 17.3. The Kier molecular flexibility index (Phi) is 4.37. The molecule has 3 amide bonds. The van der Waals surface area contributed by atoms with Crippen LogP contribution in [0.5, 0.6) is 11.5 Å². The molecule has 0 bridgehead atoms. The zero-order valence-corrected chi connectivity index (χ0v) is 14.3. The summed E-state index contributed by atoms with van der Waals surface area (Å²) >= 11 is 0. The lowest BCUT2D eigenvalue weighted by Crippen LogP contribution is -2.50. The van der Waals surface area contributed by atoms with Crippen molar-refractivity contribution in [2.75, 3.05) is 11.9 Å². The minimum atomic E-state index is -0.862. The van der Waals surface area contributed by atoms with E-state index in [-0.39, 0.29) is 12.5 Å². The number of carbonyl (C=O) groups excluding carboxylic acids is 3. The molecule has 8 heteroatoms. The van der Waals surface area contributed by atoms with Gasteiger partial charge in [-0.3, -0.25) is 25.2 Å². The van der Waals surface area contributed by atoms with Crippen LogP contribution >= 0.6 is 0 Å². The summed E-state index contributed by atoms with van der Waals surface area (Å²) in [6.45, 7) is 0.0528. The summed E-state index contributed by atoms with van der Waals surface area (Å²) in [5.74, 6) is 0.0465. The Labute approximate surface area is 154 Å². The topological polar surface area (TPSA) is 106 Å². The molecule has 2 aromatic rings. The van der Waals surface area contributed by atoms with Gasteiger partial charge in [-0.05, 0) is 42.3 Å². The van der Waals surface area contributed by atoms with Gasteiger partial charge in [0.2, 0.25) is 12.0 Å². The van der Waals surface area contributed by atoms with Gasteiger partial charge in [-0.25, -0.2) is 0 Å². The summed E-state index contributed by atoms with van der Waals surface area (Å²) < 4.78 is 11.1. The zero-order valence-electron chi connectivity index (χ0n) is 14.3. The lowest BCUT2D eigenvalue weighted by molar-refractivity contribution is -0.131. The van der Waals surface area contributed by atoms with Gasteiger partial charge in [0.05, 0.1) is 0 Å². The van der Waals surface area contributed by atoms with Crippen LogP contribution in [-0.2, 0) is 16.0 Å². The number of aryl methyl sites for hydroxylation is 1. The van der Waals surface area contributed by atoms with Gasteiger partial charge in [0.25, 0.3) is 11.8 Å².